The van der Waals surface area contributed by atoms with E-state index in [1.807, 2.05) is 0 Å². The Kier molecular flexibility index (Phi) is 3.37. The highest BCUT2D eigenvalue weighted by atomic mass is 19.1. The average molecular weight is 198 g/mol. The third-order valence-electron chi connectivity index (χ3n) is 1.43. The molecule has 1 aromatic carbocycles. The van der Waals surface area contributed by atoms with E-state index in [0.717, 1.165) is 18.2 Å². The van der Waals surface area contributed by atoms with E-state index in [0.29, 0.717) is 0 Å². The van der Waals surface area contributed by atoms with Gasteiger partial charge in [0.15, 0.2) is 0 Å². The normalized spacial score (nSPS) is 11.9. The summed E-state index contributed by atoms with van der Waals surface area (Å²) in [5.74, 6) is -1.44. The van der Waals surface area contributed by atoms with E-state index in [4.69, 9.17) is 15.7 Å². The molecule has 0 aliphatic heterocycles. The molecule has 1 aromatic rings. The molecule has 0 aliphatic carbocycles. The molecule has 0 spiro atoms. The zero-order valence-corrected chi connectivity index (χ0v) is 7.21. The van der Waals surface area contributed by atoms with E-state index < -0.39 is 17.7 Å². The van der Waals surface area contributed by atoms with Crippen LogP contribution in [0, 0.1) is 23.0 Å². The van der Waals surface area contributed by atoms with E-state index in [2.05, 4.69) is 0 Å². The number of hydrogen-bond donors (Lipinski definition) is 1. The Bertz CT molecular complexity index is 342. The molecule has 0 heterocycles. The minimum absolute atomic E-state index is 0.0215. The number of hydrogen-bond acceptors (Lipinski definition) is 3. The number of halogens is 2. The highest BCUT2D eigenvalue weighted by molar-refractivity contribution is 5.23. The predicted molar refractivity (Wildman–Crippen MR) is 45.4 cm³/mol. The standard InChI is InChI=1S/C9H8F2N2O/c10-6-1-7(11)3-9(2-6)14-5-8(13)4-12/h1-3,8H,5,13H2. The molecule has 1 unspecified atom stereocenters. The molecular weight excluding hydrogens is 190 g/mol. The summed E-state index contributed by atoms with van der Waals surface area (Å²) >= 11 is 0. The van der Waals surface area contributed by atoms with Gasteiger partial charge in [-0.15, -0.1) is 0 Å². The van der Waals surface area contributed by atoms with E-state index in [1.165, 1.54) is 0 Å². The summed E-state index contributed by atoms with van der Waals surface area (Å²) in [5.41, 5.74) is 5.22. The van der Waals surface area contributed by atoms with Gasteiger partial charge in [-0.1, -0.05) is 0 Å². The van der Waals surface area contributed by atoms with Crippen molar-refractivity contribution in [1.29, 1.82) is 5.26 Å². The smallest absolute Gasteiger partial charge is 0.129 e. The molecule has 0 aliphatic rings. The van der Waals surface area contributed by atoms with E-state index in [1.54, 1.807) is 6.07 Å². The number of ether oxygens (including phenoxy) is 1. The first kappa shape index (κ1) is 10.4. The van der Waals surface area contributed by atoms with Crippen LogP contribution in [0.25, 0.3) is 0 Å². The van der Waals surface area contributed by atoms with Gasteiger partial charge < -0.3 is 10.5 Å². The fourth-order valence-electron chi connectivity index (χ4n) is 0.835. The highest BCUT2D eigenvalue weighted by Gasteiger charge is 2.04. The van der Waals surface area contributed by atoms with Crippen LogP contribution < -0.4 is 10.5 Å². The first-order chi connectivity index (χ1) is 6.61. The number of nitrogens with two attached hydrogens (primary N) is 1. The quantitative estimate of drug-likeness (QED) is 0.793. The number of nitriles is 1. The molecule has 3 nitrogen and oxygen atoms in total. The Hall–Kier alpha value is -1.67. The molecule has 2 N–H and O–H groups in total. The summed E-state index contributed by atoms with van der Waals surface area (Å²) < 4.78 is 30.1. The van der Waals surface area contributed by atoms with Gasteiger partial charge in [-0.05, 0) is 0 Å². The SMILES string of the molecule is N#CC(N)COc1cc(F)cc(F)c1. The van der Waals surface area contributed by atoms with Crippen LogP contribution in [0.5, 0.6) is 5.75 Å². The molecule has 0 amide bonds. The van der Waals surface area contributed by atoms with Gasteiger partial charge in [0.2, 0.25) is 0 Å². The van der Waals surface area contributed by atoms with Gasteiger partial charge >= 0.3 is 0 Å². The minimum atomic E-state index is -0.804. The Labute approximate surface area is 79.7 Å². The van der Waals surface area contributed by atoms with Gasteiger partial charge in [0.1, 0.15) is 30.0 Å². The van der Waals surface area contributed by atoms with Crippen LogP contribution in [-0.4, -0.2) is 12.6 Å². The van der Waals surface area contributed by atoms with Crippen molar-refractivity contribution in [2.45, 2.75) is 6.04 Å². The summed E-state index contributed by atoms with van der Waals surface area (Å²) in [4.78, 5) is 0. The topological polar surface area (TPSA) is 59.0 Å². The number of rotatable bonds is 3. The zero-order valence-electron chi connectivity index (χ0n) is 7.21. The third kappa shape index (κ3) is 2.99. The Morgan fingerprint density at radius 3 is 2.43 bits per heavy atom. The lowest BCUT2D eigenvalue weighted by Crippen LogP contribution is -2.25. The van der Waals surface area contributed by atoms with Gasteiger partial charge in [0.25, 0.3) is 0 Å². The van der Waals surface area contributed by atoms with E-state index in [-0.39, 0.29) is 12.4 Å². The van der Waals surface area contributed by atoms with Crippen LogP contribution in [0.15, 0.2) is 18.2 Å². The van der Waals surface area contributed by atoms with Crippen LogP contribution in [0.1, 0.15) is 0 Å². The third-order valence-corrected chi connectivity index (χ3v) is 1.43. The lowest BCUT2D eigenvalue weighted by atomic mass is 10.3. The van der Waals surface area contributed by atoms with Crippen molar-refractivity contribution in [1.82, 2.24) is 0 Å². The monoisotopic (exact) mass is 198 g/mol. The fraction of sp³-hybridized carbons (Fsp3) is 0.222. The summed E-state index contributed by atoms with van der Waals surface area (Å²) in [6.45, 7) is -0.0978. The van der Waals surface area contributed by atoms with Gasteiger partial charge in [0, 0.05) is 18.2 Å². The van der Waals surface area contributed by atoms with E-state index >= 15 is 0 Å². The second-order valence-corrected chi connectivity index (χ2v) is 2.65. The van der Waals surface area contributed by atoms with Crippen molar-refractivity contribution in [2.24, 2.45) is 5.73 Å². The van der Waals surface area contributed by atoms with Crippen molar-refractivity contribution < 1.29 is 13.5 Å². The summed E-state index contributed by atoms with van der Waals surface area (Å²) in [6, 6.07) is 3.70. The molecule has 0 aromatic heterocycles. The molecule has 74 valence electrons. The Morgan fingerprint density at radius 2 is 1.93 bits per heavy atom. The van der Waals surface area contributed by atoms with Crippen molar-refractivity contribution in [3.63, 3.8) is 0 Å². The molecule has 0 bridgehead atoms. The summed E-state index contributed by atoms with van der Waals surface area (Å²) in [7, 11) is 0. The lowest BCUT2D eigenvalue weighted by Gasteiger charge is -2.06. The van der Waals surface area contributed by atoms with Crippen LogP contribution in [0.4, 0.5) is 8.78 Å². The first-order valence-corrected chi connectivity index (χ1v) is 3.86. The average Bonchev–Trinajstić information content (AvgIpc) is 2.12. The number of benzene rings is 1. The molecule has 0 saturated heterocycles. The maximum atomic E-state index is 12.6. The molecule has 14 heavy (non-hydrogen) atoms. The number of nitrogens with zero attached hydrogens (tertiary/aromatic N) is 1. The van der Waals surface area contributed by atoms with Gasteiger partial charge in [0.05, 0.1) is 6.07 Å². The maximum absolute atomic E-state index is 12.6. The van der Waals surface area contributed by atoms with Gasteiger partial charge in [-0.2, -0.15) is 5.26 Å². The molecule has 0 radical (unpaired) electrons. The molecule has 1 rings (SSSR count). The van der Waals surface area contributed by atoms with Crippen LogP contribution in [0.2, 0.25) is 0 Å². The molecule has 0 fully saturated rings. The highest BCUT2D eigenvalue weighted by Crippen LogP contribution is 2.15. The van der Waals surface area contributed by atoms with Crippen LogP contribution in [-0.2, 0) is 0 Å². The Balaban J connectivity index is 2.64. The van der Waals surface area contributed by atoms with Crippen molar-refractivity contribution in [2.75, 3.05) is 6.61 Å². The zero-order chi connectivity index (χ0) is 10.6. The van der Waals surface area contributed by atoms with Crippen LogP contribution >= 0.6 is 0 Å². The van der Waals surface area contributed by atoms with Crippen molar-refractivity contribution in [3.8, 4) is 11.8 Å². The van der Waals surface area contributed by atoms with Gasteiger partial charge in [-0.25, -0.2) is 8.78 Å². The van der Waals surface area contributed by atoms with Crippen molar-refractivity contribution >= 4 is 0 Å². The maximum Gasteiger partial charge on any atom is 0.129 e. The largest absolute Gasteiger partial charge is 0.491 e. The second kappa shape index (κ2) is 4.53. The predicted octanol–water partition coefficient (Wildman–Crippen LogP) is 1.19. The second-order valence-electron chi connectivity index (χ2n) is 2.65. The van der Waals surface area contributed by atoms with Crippen molar-refractivity contribution in [3.05, 3.63) is 29.8 Å². The summed E-state index contributed by atoms with van der Waals surface area (Å²) in [6.07, 6.45) is 0. The molecule has 1 atom stereocenters. The van der Waals surface area contributed by atoms with Crippen LogP contribution in [0.3, 0.4) is 0 Å². The molecule has 5 heteroatoms. The molecular formula is C9H8F2N2O. The lowest BCUT2D eigenvalue weighted by molar-refractivity contribution is 0.305. The molecule has 0 saturated carbocycles. The minimum Gasteiger partial charge on any atom is -0.491 e. The van der Waals surface area contributed by atoms with Gasteiger partial charge in [-0.3, -0.25) is 0 Å². The summed E-state index contributed by atoms with van der Waals surface area (Å²) in [5, 5.41) is 8.32. The first-order valence-electron chi connectivity index (χ1n) is 3.86. The Morgan fingerprint density at radius 1 is 1.36 bits per heavy atom. The fourth-order valence-corrected chi connectivity index (χ4v) is 0.835. The van der Waals surface area contributed by atoms with E-state index in [9.17, 15) is 8.78 Å².